The van der Waals surface area contributed by atoms with Crippen LogP contribution in [0.25, 0.3) is 0 Å². The van der Waals surface area contributed by atoms with E-state index in [1.54, 1.807) is 7.11 Å². The zero-order chi connectivity index (χ0) is 17.0. The van der Waals surface area contributed by atoms with Crippen molar-refractivity contribution in [1.29, 1.82) is 0 Å². The van der Waals surface area contributed by atoms with Crippen LogP contribution in [0.5, 0.6) is 11.5 Å². The maximum atomic E-state index is 10.4. The molecule has 0 aromatic heterocycles. The van der Waals surface area contributed by atoms with E-state index in [0.717, 1.165) is 23.3 Å². The van der Waals surface area contributed by atoms with Crippen molar-refractivity contribution in [2.75, 3.05) is 7.11 Å². The molecule has 0 spiro atoms. The topological polar surface area (TPSA) is 29.5 Å². The minimum atomic E-state index is -0.0986. The molecule has 0 saturated carbocycles. The molecule has 0 unspecified atom stereocenters. The molecule has 0 amide bonds. The summed E-state index contributed by atoms with van der Waals surface area (Å²) in [6, 6.07) is 3.84. The monoisotopic (exact) mass is 419 g/mol. The van der Waals surface area contributed by atoms with Gasteiger partial charge in [0.15, 0.2) is 0 Å². The number of allylic oxidation sites excluding steroid dienone is 4. The van der Waals surface area contributed by atoms with Gasteiger partial charge < -0.3 is 34.7 Å². The van der Waals surface area contributed by atoms with E-state index < -0.39 is 0 Å². The van der Waals surface area contributed by atoms with Gasteiger partial charge in [0, 0.05) is 32.8 Å². The molecule has 1 aromatic rings. The molecule has 142 valence electrons. The Morgan fingerprint density at radius 1 is 0.960 bits per heavy atom. The third-order valence-electron chi connectivity index (χ3n) is 3.52. The largest absolute Gasteiger partial charge is 1.00 e. The smallest absolute Gasteiger partial charge is 0.123 e. The summed E-state index contributed by atoms with van der Waals surface area (Å²) in [4.78, 5) is 0. The third-order valence-corrected chi connectivity index (χ3v) is 3.52. The molecule has 0 fully saturated rings. The van der Waals surface area contributed by atoms with Gasteiger partial charge in [0.05, 0.1) is 7.11 Å². The van der Waals surface area contributed by atoms with Gasteiger partial charge in [-0.15, -0.1) is 6.42 Å². The summed E-state index contributed by atoms with van der Waals surface area (Å²) >= 11 is 0. The zero-order valence-electron chi connectivity index (χ0n) is 16.2. The molecule has 0 saturated heterocycles. The van der Waals surface area contributed by atoms with Crippen LogP contribution >= 0.6 is 0 Å². The first-order valence-electron chi connectivity index (χ1n) is 7.71. The second-order valence-corrected chi connectivity index (χ2v) is 7.57. The molecule has 25 heavy (non-hydrogen) atoms. The van der Waals surface area contributed by atoms with Crippen molar-refractivity contribution in [3.8, 4) is 11.5 Å². The predicted molar refractivity (Wildman–Crippen MR) is 93.6 cm³/mol. The number of aromatic hydroxyl groups is 1. The molecule has 0 aliphatic heterocycles. The fourth-order valence-corrected chi connectivity index (χ4v) is 2.21. The first-order chi connectivity index (χ1) is 10.1. The molecule has 1 aliphatic rings. The molecule has 0 bridgehead atoms. The Morgan fingerprint density at radius 2 is 1.40 bits per heavy atom. The minimum Gasteiger partial charge on any atom is -1.00 e. The summed E-state index contributed by atoms with van der Waals surface area (Å²) in [5, 5.41) is 10.4. The van der Waals surface area contributed by atoms with Gasteiger partial charge in [0.25, 0.3) is 0 Å². The normalized spacial score (nSPS) is 12.1. The van der Waals surface area contributed by atoms with E-state index in [4.69, 9.17) is 4.74 Å². The SMILES string of the molecule is COc1cc(C(C)(C)C)c(O)c(C(C)(C)C)c1.[C-]1=CC=CC1.[Cl-].[Cl-].[Ti]. The van der Waals surface area contributed by atoms with E-state index in [2.05, 4.69) is 53.7 Å². The average Bonchev–Trinajstić information content (AvgIpc) is 2.95. The summed E-state index contributed by atoms with van der Waals surface area (Å²) in [6.45, 7) is 12.5. The summed E-state index contributed by atoms with van der Waals surface area (Å²) in [7, 11) is 1.66. The molecule has 2 nitrogen and oxygen atoms in total. The standard InChI is InChI=1S/C15H24O2.C5H5.2ClH.Ti/c1-14(2,3)11-8-10(17-7)9-12(13(11)16)15(4,5)6;1-2-4-5-3-1;;;/h8-9,16H,1-7H3;1-3H,4H2;2*1H;/q;-1;;;/p-2. The van der Waals surface area contributed by atoms with Crippen LogP contribution in [0.1, 0.15) is 59.1 Å². The summed E-state index contributed by atoms with van der Waals surface area (Å²) in [5.74, 6) is 1.20. The number of phenolic OH excluding ortho intramolecular Hbond substituents is 1. The number of phenols is 1. The van der Waals surface area contributed by atoms with Crippen LogP contribution in [0.3, 0.4) is 0 Å². The summed E-state index contributed by atoms with van der Waals surface area (Å²) in [6.07, 6.45) is 10.0. The van der Waals surface area contributed by atoms with Gasteiger partial charge in [-0.1, -0.05) is 41.5 Å². The second-order valence-electron chi connectivity index (χ2n) is 7.57. The Hall–Kier alpha value is -0.406. The van der Waals surface area contributed by atoms with Gasteiger partial charge in [-0.25, -0.2) is 12.2 Å². The summed E-state index contributed by atoms with van der Waals surface area (Å²) in [5.41, 5.74) is 1.67. The number of methoxy groups -OCH3 is 1. The number of hydrogen-bond acceptors (Lipinski definition) is 2. The first-order valence-corrected chi connectivity index (χ1v) is 7.71. The molecule has 0 radical (unpaired) electrons. The van der Waals surface area contributed by atoms with Crippen LogP contribution in [-0.2, 0) is 32.5 Å². The van der Waals surface area contributed by atoms with Crippen molar-refractivity contribution in [3.05, 3.63) is 47.6 Å². The predicted octanol–water partition coefficient (Wildman–Crippen LogP) is -0.693. The van der Waals surface area contributed by atoms with Crippen molar-refractivity contribution in [1.82, 2.24) is 0 Å². The number of ether oxygens (including phenoxy) is 1. The molecule has 5 heteroatoms. The molecule has 2 rings (SSSR count). The second kappa shape index (κ2) is 12.1. The van der Waals surface area contributed by atoms with Gasteiger partial charge in [-0.3, -0.25) is 6.08 Å². The molecule has 0 atom stereocenters. The van der Waals surface area contributed by atoms with Crippen LogP contribution < -0.4 is 29.6 Å². The number of hydrogen-bond donors (Lipinski definition) is 1. The molecule has 1 N–H and O–H groups in total. The van der Waals surface area contributed by atoms with Crippen LogP contribution in [-0.4, -0.2) is 12.2 Å². The van der Waals surface area contributed by atoms with Crippen molar-refractivity contribution in [2.24, 2.45) is 0 Å². The van der Waals surface area contributed by atoms with Crippen LogP contribution in [0, 0.1) is 6.08 Å². The van der Waals surface area contributed by atoms with Gasteiger partial charge in [-0.05, 0) is 23.0 Å². The average molecular weight is 420 g/mol. The number of halogens is 2. The molecule has 0 heterocycles. The van der Waals surface area contributed by atoms with E-state index in [1.165, 1.54) is 0 Å². The zero-order valence-corrected chi connectivity index (χ0v) is 19.3. The minimum absolute atomic E-state index is 0. The molecular weight excluding hydrogens is 391 g/mol. The Labute approximate surface area is 180 Å². The quantitative estimate of drug-likeness (QED) is 0.482. The molecule has 1 aliphatic carbocycles. The Morgan fingerprint density at radius 3 is 1.60 bits per heavy atom. The van der Waals surface area contributed by atoms with Crippen molar-refractivity contribution < 1.29 is 56.4 Å². The summed E-state index contributed by atoms with van der Waals surface area (Å²) < 4.78 is 5.33. The van der Waals surface area contributed by atoms with Crippen molar-refractivity contribution in [3.63, 3.8) is 0 Å². The number of rotatable bonds is 1. The van der Waals surface area contributed by atoms with E-state index in [0.29, 0.717) is 5.75 Å². The van der Waals surface area contributed by atoms with Crippen LogP contribution in [0.15, 0.2) is 30.4 Å². The molecule has 1 aromatic carbocycles. The van der Waals surface area contributed by atoms with Gasteiger partial charge in [0.2, 0.25) is 0 Å². The van der Waals surface area contributed by atoms with E-state index in [1.807, 2.05) is 24.3 Å². The maximum Gasteiger partial charge on any atom is 0.123 e. The first kappa shape index (κ1) is 29.4. The maximum absolute atomic E-state index is 10.4. The Kier molecular flexibility index (Phi) is 14.2. The number of benzene rings is 1. The Balaban J connectivity index is -0.000000522. The fraction of sp³-hybridized carbons (Fsp3) is 0.500. The van der Waals surface area contributed by atoms with Gasteiger partial charge in [-0.2, -0.15) is 6.08 Å². The van der Waals surface area contributed by atoms with Crippen LogP contribution in [0.4, 0.5) is 0 Å². The van der Waals surface area contributed by atoms with Crippen LogP contribution in [0.2, 0.25) is 0 Å². The van der Waals surface area contributed by atoms with Crippen molar-refractivity contribution in [2.45, 2.75) is 58.8 Å². The van der Waals surface area contributed by atoms with Gasteiger partial charge in [0.1, 0.15) is 11.5 Å². The van der Waals surface area contributed by atoms with E-state index in [-0.39, 0.29) is 57.4 Å². The van der Waals surface area contributed by atoms with E-state index in [9.17, 15) is 5.11 Å². The van der Waals surface area contributed by atoms with Gasteiger partial charge >= 0.3 is 0 Å². The molecular formula is C20H29Cl2O2Ti-3. The van der Waals surface area contributed by atoms with Crippen molar-refractivity contribution >= 4 is 0 Å². The Bertz CT molecular complexity index is 523. The fourth-order valence-electron chi connectivity index (χ4n) is 2.21. The van der Waals surface area contributed by atoms with E-state index >= 15 is 0 Å². The third kappa shape index (κ3) is 9.19.